The van der Waals surface area contributed by atoms with Crippen LogP contribution < -0.4 is 10.6 Å². The largest absolute Gasteiger partial charge is 0.366 e. The van der Waals surface area contributed by atoms with Gasteiger partial charge in [-0.3, -0.25) is 0 Å². The minimum Gasteiger partial charge on any atom is -0.366 e. The lowest BCUT2D eigenvalue weighted by Crippen LogP contribution is -2.18. The van der Waals surface area contributed by atoms with Crippen molar-refractivity contribution in [2.75, 3.05) is 17.7 Å². The molecule has 1 heterocycles. The van der Waals surface area contributed by atoms with Crippen LogP contribution in [0.4, 0.5) is 11.8 Å². The number of aromatic nitrogens is 2. The lowest BCUT2D eigenvalue weighted by molar-refractivity contribution is 0.668. The number of hydrogen-bond acceptors (Lipinski definition) is 4. The van der Waals surface area contributed by atoms with Gasteiger partial charge in [0.2, 0.25) is 5.95 Å². The molecular formula is C10H17ClN4. The van der Waals surface area contributed by atoms with Gasteiger partial charge in [0, 0.05) is 13.1 Å². The molecule has 84 valence electrons. The highest BCUT2D eigenvalue weighted by molar-refractivity contribution is 6.32. The standard InChI is InChI=1S/C10H17ClN4/c1-4-7(5-2)14-9-8(11)6-13-10(12-3)15-9/h6-7H,4-5H2,1-3H3,(H2,12,13,14,15). The molecule has 0 unspecified atom stereocenters. The third-order valence-corrected chi connectivity index (χ3v) is 2.57. The fourth-order valence-corrected chi connectivity index (χ4v) is 1.42. The molecule has 0 aliphatic carbocycles. The molecule has 0 saturated carbocycles. The van der Waals surface area contributed by atoms with Gasteiger partial charge in [-0.25, -0.2) is 4.98 Å². The second-order valence-corrected chi connectivity index (χ2v) is 3.71. The molecule has 1 rings (SSSR count). The summed E-state index contributed by atoms with van der Waals surface area (Å²) >= 11 is 6.00. The van der Waals surface area contributed by atoms with Gasteiger partial charge in [-0.05, 0) is 12.8 Å². The van der Waals surface area contributed by atoms with Crippen molar-refractivity contribution in [3.8, 4) is 0 Å². The van der Waals surface area contributed by atoms with Crippen LogP contribution >= 0.6 is 11.6 Å². The number of nitrogens with one attached hydrogen (secondary N) is 2. The molecular weight excluding hydrogens is 212 g/mol. The van der Waals surface area contributed by atoms with Crippen LogP contribution in [0.2, 0.25) is 5.02 Å². The van der Waals surface area contributed by atoms with Crippen LogP contribution in [0.1, 0.15) is 26.7 Å². The highest BCUT2D eigenvalue weighted by Gasteiger charge is 2.08. The first-order valence-corrected chi connectivity index (χ1v) is 5.55. The predicted octanol–water partition coefficient (Wildman–Crippen LogP) is 2.77. The van der Waals surface area contributed by atoms with Crippen LogP contribution in [0.5, 0.6) is 0 Å². The van der Waals surface area contributed by atoms with Gasteiger partial charge in [-0.15, -0.1) is 0 Å². The quantitative estimate of drug-likeness (QED) is 0.814. The molecule has 5 heteroatoms. The molecule has 0 atom stereocenters. The van der Waals surface area contributed by atoms with E-state index in [0.29, 0.717) is 22.8 Å². The summed E-state index contributed by atoms with van der Waals surface area (Å²) in [7, 11) is 1.78. The molecule has 15 heavy (non-hydrogen) atoms. The van der Waals surface area contributed by atoms with E-state index in [1.807, 2.05) is 0 Å². The molecule has 0 fully saturated rings. The van der Waals surface area contributed by atoms with Crippen LogP contribution in [0.3, 0.4) is 0 Å². The molecule has 0 saturated heterocycles. The van der Waals surface area contributed by atoms with Gasteiger partial charge in [0.1, 0.15) is 5.02 Å². The molecule has 1 aromatic heterocycles. The summed E-state index contributed by atoms with van der Waals surface area (Å²) in [5.74, 6) is 1.28. The van der Waals surface area contributed by atoms with Gasteiger partial charge in [-0.2, -0.15) is 4.98 Å². The Morgan fingerprint density at radius 3 is 2.60 bits per heavy atom. The van der Waals surface area contributed by atoms with Crippen LogP contribution in [-0.2, 0) is 0 Å². The third kappa shape index (κ3) is 3.23. The van der Waals surface area contributed by atoms with Crippen LogP contribution in [0.15, 0.2) is 6.20 Å². The van der Waals surface area contributed by atoms with E-state index >= 15 is 0 Å². The average molecular weight is 229 g/mol. The summed E-state index contributed by atoms with van der Waals surface area (Å²) in [5, 5.41) is 6.74. The first-order chi connectivity index (χ1) is 7.21. The Morgan fingerprint density at radius 2 is 2.07 bits per heavy atom. The molecule has 0 spiro atoms. The van der Waals surface area contributed by atoms with Crippen molar-refractivity contribution >= 4 is 23.4 Å². The highest BCUT2D eigenvalue weighted by Crippen LogP contribution is 2.21. The van der Waals surface area contributed by atoms with Crippen molar-refractivity contribution in [2.24, 2.45) is 0 Å². The molecule has 2 N–H and O–H groups in total. The van der Waals surface area contributed by atoms with Gasteiger partial charge in [-0.1, -0.05) is 25.4 Å². The molecule has 0 amide bonds. The molecule has 0 bridgehead atoms. The van der Waals surface area contributed by atoms with Crippen molar-refractivity contribution < 1.29 is 0 Å². The van der Waals surface area contributed by atoms with E-state index in [9.17, 15) is 0 Å². The molecule has 0 aliphatic rings. The average Bonchev–Trinajstić information content (AvgIpc) is 2.28. The number of anilines is 2. The maximum absolute atomic E-state index is 6.00. The second-order valence-electron chi connectivity index (χ2n) is 3.30. The van der Waals surface area contributed by atoms with Crippen molar-refractivity contribution in [3.05, 3.63) is 11.2 Å². The number of rotatable bonds is 5. The van der Waals surface area contributed by atoms with Crippen LogP contribution in [-0.4, -0.2) is 23.1 Å². The zero-order chi connectivity index (χ0) is 11.3. The van der Waals surface area contributed by atoms with E-state index in [1.54, 1.807) is 13.2 Å². The van der Waals surface area contributed by atoms with Gasteiger partial charge in [0.15, 0.2) is 5.82 Å². The van der Waals surface area contributed by atoms with E-state index in [1.165, 1.54) is 0 Å². The summed E-state index contributed by atoms with van der Waals surface area (Å²) in [4.78, 5) is 8.28. The monoisotopic (exact) mass is 228 g/mol. The number of hydrogen-bond donors (Lipinski definition) is 2. The zero-order valence-corrected chi connectivity index (χ0v) is 10.1. The Hall–Kier alpha value is -1.03. The Kier molecular flexibility index (Phi) is 4.62. The van der Waals surface area contributed by atoms with Crippen molar-refractivity contribution in [3.63, 3.8) is 0 Å². The molecule has 0 radical (unpaired) electrons. The summed E-state index contributed by atoms with van der Waals surface area (Å²) in [5.41, 5.74) is 0. The normalized spacial score (nSPS) is 10.5. The Labute approximate surface area is 95.5 Å². The van der Waals surface area contributed by atoms with Gasteiger partial charge >= 0.3 is 0 Å². The first-order valence-electron chi connectivity index (χ1n) is 5.18. The number of nitrogens with zero attached hydrogens (tertiary/aromatic N) is 2. The molecule has 1 aromatic rings. The lowest BCUT2D eigenvalue weighted by Gasteiger charge is -2.16. The fourth-order valence-electron chi connectivity index (χ4n) is 1.27. The maximum atomic E-state index is 6.00. The van der Waals surface area contributed by atoms with Crippen LogP contribution in [0.25, 0.3) is 0 Å². The summed E-state index contributed by atoms with van der Waals surface area (Å²) in [6.07, 6.45) is 3.70. The summed E-state index contributed by atoms with van der Waals surface area (Å²) in [6, 6.07) is 0.405. The topological polar surface area (TPSA) is 49.8 Å². The summed E-state index contributed by atoms with van der Waals surface area (Å²) < 4.78 is 0. The SMILES string of the molecule is CCC(CC)Nc1nc(NC)ncc1Cl. The zero-order valence-electron chi connectivity index (χ0n) is 9.34. The van der Waals surface area contributed by atoms with Crippen molar-refractivity contribution in [1.82, 2.24) is 9.97 Å². The van der Waals surface area contributed by atoms with Gasteiger partial charge in [0.25, 0.3) is 0 Å². The predicted molar refractivity (Wildman–Crippen MR) is 64.6 cm³/mol. The minimum atomic E-state index is 0.405. The van der Waals surface area contributed by atoms with E-state index in [2.05, 4.69) is 34.4 Å². The number of halogens is 1. The Bertz CT molecular complexity index is 312. The maximum Gasteiger partial charge on any atom is 0.224 e. The Morgan fingerprint density at radius 1 is 1.40 bits per heavy atom. The molecule has 0 aromatic carbocycles. The van der Waals surface area contributed by atoms with Crippen molar-refractivity contribution in [2.45, 2.75) is 32.7 Å². The molecule has 0 aliphatic heterocycles. The van der Waals surface area contributed by atoms with Crippen LogP contribution in [0, 0.1) is 0 Å². The summed E-state index contributed by atoms with van der Waals surface area (Å²) in [6.45, 7) is 4.27. The minimum absolute atomic E-state index is 0.405. The smallest absolute Gasteiger partial charge is 0.224 e. The van der Waals surface area contributed by atoms with E-state index in [4.69, 9.17) is 11.6 Å². The molecule has 4 nitrogen and oxygen atoms in total. The van der Waals surface area contributed by atoms with Crippen molar-refractivity contribution in [1.29, 1.82) is 0 Å². The van der Waals surface area contributed by atoms with E-state index < -0.39 is 0 Å². The van der Waals surface area contributed by atoms with E-state index in [0.717, 1.165) is 12.8 Å². The second kappa shape index (κ2) is 5.75. The Balaban J connectivity index is 2.82. The fraction of sp³-hybridized carbons (Fsp3) is 0.600. The lowest BCUT2D eigenvalue weighted by atomic mass is 10.2. The van der Waals surface area contributed by atoms with Gasteiger partial charge in [0.05, 0.1) is 6.20 Å². The van der Waals surface area contributed by atoms with Gasteiger partial charge < -0.3 is 10.6 Å². The third-order valence-electron chi connectivity index (χ3n) is 2.29. The van der Waals surface area contributed by atoms with E-state index in [-0.39, 0.29) is 0 Å². The first kappa shape index (κ1) is 12.0. The highest BCUT2D eigenvalue weighted by atomic mass is 35.5.